The molecule has 0 saturated heterocycles. The second-order valence-electron chi connectivity index (χ2n) is 6.73. The normalized spacial score (nSPS) is 16.2. The van der Waals surface area contributed by atoms with Crippen LogP contribution in [0.3, 0.4) is 0 Å². The summed E-state index contributed by atoms with van der Waals surface area (Å²) in [4.78, 5) is 28.2. The summed E-state index contributed by atoms with van der Waals surface area (Å²) in [5.41, 5.74) is 3.64. The highest BCUT2D eigenvalue weighted by atomic mass is 32.2. The first-order valence-corrected chi connectivity index (χ1v) is 10.1. The number of benzene rings is 1. The van der Waals surface area contributed by atoms with Gasteiger partial charge in [0.25, 0.3) is 0 Å². The van der Waals surface area contributed by atoms with Crippen molar-refractivity contribution in [2.45, 2.75) is 12.2 Å². The molecule has 0 aliphatic carbocycles. The third-order valence-corrected chi connectivity index (χ3v) is 6.19. The number of aromatic hydroxyl groups is 1. The molecule has 0 radical (unpaired) electrons. The van der Waals surface area contributed by atoms with Crippen molar-refractivity contribution in [3.8, 4) is 17.3 Å². The van der Waals surface area contributed by atoms with Gasteiger partial charge in [0.1, 0.15) is 17.7 Å². The minimum Gasteiger partial charge on any atom is -0.504 e. The van der Waals surface area contributed by atoms with E-state index in [1.807, 2.05) is 13.0 Å². The number of hydrogen-bond acceptors (Lipinski definition) is 8. The van der Waals surface area contributed by atoms with Crippen LogP contribution in [0.25, 0.3) is 17.0 Å². The maximum Gasteiger partial charge on any atom is 0.235 e. The molecule has 11 heteroatoms. The zero-order chi connectivity index (χ0) is 20.8. The van der Waals surface area contributed by atoms with E-state index in [1.165, 1.54) is 31.5 Å². The third kappa shape index (κ3) is 2.86. The van der Waals surface area contributed by atoms with Crippen molar-refractivity contribution in [2.75, 3.05) is 18.2 Å². The monoisotopic (exact) mass is 423 g/mol. The molecule has 30 heavy (non-hydrogen) atoms. The minimum atomic E-state index is -0.193. The number of phenols is 1. The van der Waals surface area contributed by atoms with Gasteiger partial charge in [-0.2, -0.15) is 9.78 Å². The number of carbonyl (C=O) groups is 1. The zero-order valence-corrected chi connectivity index (χ0v) is 16.9. The number of aromatic nitrogens is 6. The first-order chi connectivity index (χ1) is 14.6. The van der Waals surface area contributed by atoms with Gasteiger partial charge in [-0.1, -0.05) is 6.07 Å². The lowest BCUT2D eigenvalue weighted by Gasteiger charge is -2.16. The average molecular weight is 423 g/mol. The van der Waals surface area contributed by atoms with Crippen LogP contribution in [-0.2, 0) is 4.79 Å². The van der Waals surface area contributed by atoms with Crippen LogP contribution in [-0.4, -0.2) is 53.6 Å². The second-order valence-corrected chi connectivity index (χ2v) is 7.82. The number of thioether (sulfide) groups is 1. The van der Waals surface area contributed by atoms with Crippen molar-refractivity contribution >= 4 is 34.7 Å². The van der Waals surface area contributed by atoms with Gasteiger partial charge in [0, 0.05) is 5.56 Å². The first-order valence-electron chi connectivity index (χ1n) is 9.09. The Morgan fingerprint density at radius 2 is 2.17 bits per heavy atom. The van der Waals surface area contributed by atoms with Crippen LogP contribution < -0.4 is 10.1 Å². The largest absolute Gasteiger partial charge is 0.504 e. The summed E-state index contributed by atoms with van der Waals surface area (Å²) in [5, 5.41) is 17.4. The van der Waals surface area contributed by atoms with Gasteiger partial charge < -0.3 is 20.1 Å². The summed E-state index contributed by atoms with van der Waals surface area (Å²) in [7, 11) is 1.50. The fourth-order valence-corrected chi connectivity index (χ4v) is 4.75. The number of anilines is 1. The lowest BCUT2D eigenvalue weighted by Crippen LogP contribution is -2.16. The van der Waals surface area contributed by atoms with Crippen LogP contribution >= 0.6 is 11.8 Å². The van der Waals surface area contributed by atoms with Gasteiger partial charge in [-0.15, -0.1) is 11.8 Å². The molecule has 3 N–H and O–H groups in total. The Morgan fingerprint density at radius 1 is 1.30 bits per heavy atom. The standard InChI is InChI=1S/C19H17N7O3S/c1-9-14-16(10-3-4-11(27)12(5-10)29-2)30-6-13(28)24-18(14)26(25-9)19-15-17(21-7-20-15)22-8-23-19/h3-5,7-8,16,27H,6H2,1-2H3,(H,24,28)(H,20,21,22,23)/t16-/m0/s1. The predicted molar refractivity (Wildman–Crippen MR) is 111 cm³/mol. The predicted octanol–water partition coefficient (Wildman–Crippen LogP) is 2.34. The number of rotatable bonds is 3. The van der Waals surface area contributed by atoms with Gasteiger partial charge in [-0.05, 0) is 24.6 Å². The van der Waals surface area contributed by atoms with Gasteiger partial charge in [0.05, 0.1) is 30.1 Å². The molecule has 4 aromatic rings. The molecule has 0 fully saturated rings. The SMILES string of the molecule is COc1cc([C@@H]2SCC(=O)Nc3c2c(C)nn3-c2ncnc3nc[nH]c23)ccc1O. The quantitative estimate of drug-likeness (QED) is 0.458. The molecule has 10 nitrogen and oxygen atoms in total. The summed E-state index contributed by atoms with van der Waals surface area (Å²) in [6.45, 7) is 1.89. The molecule has 0 unspecified atom stereocenters. The Morgan fingerprint density at radius 3 is 3.00 bits per heavy atom. The van der Waals surface area contributed by atoms with E-state index in [0.717, 1.165) is 16.8 Å². The van der Waals surface area contributed by atoms with Gasteiger partial charge >= 0.3 is 0 Å². The summed E-state index contributed by atoms with van der Waals surface area (Å²) in [5.74, 6) is 1.61. The van der Waals surface area contributed by atoms with Crippen LogP contribution in [0.2, 0.25) is 0 Å². The highest BCUT2D eigenvalue weighted by molar-refractivity contribution is 8.00. The Bertz CT molecular complexity index is 1280. The van der Waals surface area contributed by atoms with E-state index in [-0.39, 0.29) is 22.7 Å². The molecule has 1 atom stereocenters. The van der Waals surface area contributed by atoms with E-state index < -0.39 is 0 Å². The number of nitrogens with zero attached hydrogens (tertiary/aromatic N) is 5. The number of aryl methyl sites for hydroxylation is 1. The number of aromatic amines is 1. The van der Waals surface area contributed by atoms with Crippen LogP contribution in [0, 0.1) is 6.92 Å². The van der Waals surface area contributed by atoms with Crippen molar-refractivity contribution in [3.63, 3.8) is 0 Å². The zero-order valence-electron chi connectivity index (χ0n) is 16.1. The number of amides is 1. The molecule has 3 aromatic heterocycles. The fraction of sp³-hybridized carbons (Fsp3) is 0.211. The van der Waals surface area contributed by atoms with Crippen molar-refractivity contribution < 1.29 is 14.6 Å². The Kier molecular flexibility index (Phi) is 4.31. The number of methoxy groups -OCH3 is 1. The Labute approximate surface area is 174 Å². The topological polar surface area (TPSA) is 131 Å². The highest BCUT2D eigenvalue weighted by Crippen LogP contribution is 2.45. The van der Waals surface area contributed by atoms with Gasteiger partial charge in [0.2, 0.25) is 5.91 Å². The molecule has 4 heterocycles. The number of imidazole rings is 1. The van der Waals surface area contributed by atoms with Crippen molar-refractivity contribution in [3.05, 3.63) is 47.7 Å². The molecule has 1 amide bonds. The molecule has 1 aromatic carbocycles. The molecule has 152 valence electrons. The second kappa shape index (κ2) is 7.02. The number of hydrogen-bond donors (Lipinski definition) is 3. The summed E-state index contributed by atoms with van der Waals surface area (Å²) in [6.07, 6.45) is 2.95. The number of H-pyrrole nitrogens is 1. The van der Waals surface area contributed by atoms with E-state index >= 15 is 0 Å². The van der Waals surface area contributed by atoms with Crippen LogP contribution in [0.4, 0.5) is 5.82 Å². The number of nitrogens with one attached hydrogen (secondary N) is 2. The smallest absolute Gasteiger partial charge is 0.235 e. The van der Waals surface area contributed by atoms with Crippen LogP contribution in [0.15, 0.2) is 30.9 Å². The fourth-order valence-electron chi connectivity index (χ4n) is 3.57. The number of carbonyl (C=O) groups excluding carboxylic acids is 1. The number of ether oxygens (including phenoxy) is 1. The molecule has 1 aliphatic rings. The molecule has 0 spiro atoms. The lowest BCUT2D eigenvalue weighted by molar-refractivity contribution is -0.113. The van der Waals surface area contributed by atoms with Crippen molar-refractivity contribution in [1.82, 2.24) is 29.7 Å². The molecular formula is C19H17N7O3S. The molecule has 1 aliphatic heterocycles. The van der Waals surface area contributed by atoms with Crippen LogP contribution in [0.1, 0.15) is 22.1 Å². The minimum absolute atomic E-state index is 0.0596. The van der Waals surface area contributed by atoms with E-state index in [4.69, 9.17) is 4.74 Å². The summed E-state index contributed by atoms with van der Waals surface area (Å²) in [6, 6.07) is 5.19. The van der Waals surface area contributed by atoms with Crippen molar-refractivity contribution in [1.29, 1.82) is 0 Å². The molecule has 5 rings (SSSR count). The number of phenolic OH excluding ortho intramolecular Hbond substituents is 1. The van der Waals surface area contributed by atoms with Gasteiger partial charge in [-0.3, -0.25) is 4.79 Å². The van der Waals surface area contributed by atoms with Crippen LogP contribution in [0.5, 0.6) is 11.5 Å². The first kappa shape index (κ1) is 18.4. The van der Waals surface area contributed by atoms with E-state index in [0.29, 0.717) is 28.5 Å². The summed E-state index contributed by atoms with van der Waals surface area (Å²) >= 11 is 1.49. The molecular weight excluding hydrogens is 406 g/mol. The summed E-state index contributed by atoms with van der Waals surface area (Å²) < 4.78 is 6.88. The maximum absolute atomic E-state index is 12.5. The molecule has 0 saturated carbocycles. The number of fused-ring (bicyclic) bond motifs is 2. The van der Waals surface area contributed by atoms with E-state index in [2.05, 4.69) is 30.4 Å². The average Bonchev–Trinajstić information content (AvgIpc) is 3.29. The van der Waals surface area contributed by atoms with E-state index in [9.17, 15) is 9.90 Å². The molecule has 0 bridgehead atoms. The maximum atomic E-state index is 12.5. The van der Waals surface area contributed by atoms with E-state index in [1.54, 1.807) is 16.8 Å². The van der Waals surface area contributed by atoms with Gasteiger partial charge in [-0.25, -0.2) is 15.0 Å². The van der Waals surface area contributed by atoms with Crippen molar-refractivity contribution in [2.24, 2.45) is 0 Å². The highest BCUT2D eigenvalue weighted by Gasteiger charge is 2.32. The third-order valence-electron chi connectivity index (χ3n) is 4.92. The Balaban J connectivity index is 1.72. The van der Waals surface area contributed by atoms with Gasteiger partial charge in [0.15, 0.2) is 23.0 Å². The lowest BCUT2D eigenvalue weighted by atomic mass is 10.0. The Hall–Kier alpha value is -3.60.